The van der Waals surface area contributed by atoms with Crippen LogP contribution < -0.4 is 11.0 Å². The van der Waals surface area contributed by atoms with Crippen LogP contribution >= 0.6 is 11.6 Å². The molecule has 1 aromatic heterocycles. The van der Waals surface area contributed by atoms with Gasteiger partial charge in [-0.1, -0.05) is 29.8 Å². The van der Waals surface area contributed by atoms with Gasteiger partial charge in [-0.05, 0) is 30.3 Å². The Bertz CT molecular complexity index is 873. The van der Waals surface area contributed by atoms with Crippen molar-refractivity contribution in [3.05, 3.63) is 69.6 Å². The SMILES string of the molecule is O=c1[nH]c2ccccc2nc1/C=N\Nc1cccc(Cl)c1. The lowest BCUT2D eigenvalue weighted by molar-refractivity contribution is 1.19. The van der Waals surface area contributed by atoms with Crippen LogP contribution in [0.3, 0.4) is 0 Å². The summed E-state index contributed by atoms with van der Waals surface area (Å²) in [5.74, 6) is 0. The molecule has 3 rings (SSSR count). The zero-order valence-electron chi connectivity index (χ0n) is 10.9. The summed E-state index contributed by atoms with van der Waals surface area (Å²) in [6.07, 6.45) is 1.38. The summed E-state index contributed by atoms with van der Waals surface area (Å²) in [5, 5.41) is 4.61. The van der Waals surface area contributed by atoms with Crippen molar-refractivity contribution in [1.82, 2.24) is 9.97 Å². The van der Waals surface area contributed by atoms with E-state index in [4.69, 9.17) is 11.6 Å². The molecular weight excluding hydrogens is 288 g/mol. The van der Waals surface area contributed by atoms with E-state index in [9.17, 15) is 4.79 Å². The summed E-state index contributed by atoms with van der Waals surface area (Å²) < 4.78 is 0. The third kappa shape index (κ3) is 3.09. The lowest BCUT2D eigenvalue weighted by Gasteiger charge is -2.00. The van der Waals surface area contributed by atoms with Gasteiger partial charge in [0, 0.05) is 5.02 Å². The van der Waals surface area contributed by atoms with Crippen LogP contribution in [0.25, 0.3) is 11.0 Å². The molecule has 0 radical (unpaired) electrons. The van der Waals surface area contributed by atoms with Gasteiger partial charge in [0.25, 0.3) is 5.56 Å². The first kappa shape index (κ1) is 13.3. The topological polar surface area (TPSA) is 70.1 Å². The van der Waals surface area contributed by atoms with E-state index in [1.807, 2.05) is 24.3 Å². The molecular formula is C15H11ClN4O. The van der Waals surface area contributed by atoms with Crippen molar-refractivity contribution < 1.29 is 0 Å². The molecule has 104 valence electrons. The number of hydrogen-bond acceptors (Lipinski definition) is 4. The zero-order valence-corrected chi connectivity index (χ0v) is 11.6. The second kappa shape index (κ2) is 5.76. The van der Waals surface area contributed by atoms with E-state index in [0.717, 1.165) is 5.69 Å². The maximum Gasteiger partial charge on any atom is 0.276 e. The van der Waals surface area contributed by atoms with Crippen LogP contribution in [-0.2, 0) is 0 Å². The fourth-order valence-corrected chi connectivity index (χ4v) is 2.05. The fraction of sp³-hybridized carbons (Fsp3) is 0. The van der Waals surface area contributed by atoms with E-state index in [0.29, 0.717) is 16.1 Å². The molecule has 0 atom stereocenters. The number of rotatable bonds is 3. The molecule has 6 heteroatoms. The molecule has 0 fully saturated rings. The van der Waals surface area contributed by atoms with Crippen LogP contribution in [0.2, 0.25) is 5.02 Å². The minimum Gasteiger partial charge on any atom is -0.319 e. The van der Waals surface area contributed by atoms with Crippen molar-refractivity contribution in [2.24, 2.45) is 5.10 Å². The van der Waals surface area contributed by atoms with E-state index in [-0.39, 0.29) is 11.3 Å². The largest absolute Gasteiger partial charge is 0.319 e. The first-order valence-electron chi connectivity index (χ1n) is 6.26. The third-order valence-corrected chi connectivity index (χ3v) is 3.07. The van der Waals surface area contributed by atoms with Crippen LogP contribution in [0.15, 0.2) is 58.4 Å². The van der Waals surface area contributed by atoms with Gasteiger partial charge in [-0.25, -0.2) is 4.98 Å². The lowest BCUT2D eigenvalue weighted by atomic mass is 10.3. The van der Waals surface area contributed by atoms with Gasteiger partial charge in [-0.2, -0.15) is 5.10 Å². The highest BCUT2D eigenvalue weighted by atomic mass is 35.5. The predicted octanol–water partition coefficient (Wildman–Crippen LogP) is 3.02. The molecule has 0 aliphatic heterocycles. The molecule has 5 nitrogen and oxygen atoms in total. The van der Waals surface area contributed by atoms with Crippen LogP contribution in [0.1, 0.15) is 5.69 Å². The predicted molar refractivity (Wildman–Crippen MR) is 85.0 cm³/mol. The molecule has 0 bridgehead atoms. The van der Waals surface area contributed by atoms with Gasteiger partial charge in [-0.3, -0.25) is 10.2 Å². The van der Waals surface area contributed by atoms with Gasteiger partial charge in [0.1, 0.15) is 5.69 Å². The number of aromatic amines is 1. The van der Waals surface area contributed by atoms with Crippen LogP contribution in [0, 0.1) is 0 Å². The summed E-state index contributed by atoms with van der Waals surface area (Å²) in [6.45, 7) is 0. The number of benzene rings is 2. The minimum absolute atomic E-state index is 0.239. The molecule has 0 saturated carbocycles. The third-order valence-electron chi connectivity index (χ3n) is 2.83. The Balaban J connectivity index is 1.86. The number of nitrogens with zero attached hydrogens (tertiary/aromatic N) is 2. The van der Waals surface area contributed by atoms with Crippen LogP contribution in [-0.4, -0.2) is 16.2 Å². The minimum atomic E-state index is -0.287. The van der Waals surface area contributed by atoms with E-state index < -0.39 is 0 Å². The van der Waals surface area contributed by atoms with Crippen molar-refractivity contribution in [2.75, 3.05) is 5.43 Å². The molecule has 0 unspecified atom stereocenters. The molecule has 1 heterocycles. The standard InChI is InChI=1S/C15H11ClN4O/c16-10-4-3-5-11(8-10)20-17-9-14-15(21)19-13-7-2-1-6-12(13)18-14/h1-9,20H,(H,19,21)/b17-9-. The number of nitrogens with one attached hydrogen (secondary N) is 2. The Morgan fingerprint density at radius 2 is 2.05 bits per heavy atom. The fourth-order valence-electron chi connectivity index (χ4n) is 1.86. The molecule has 21 heavy (non-hydrogen) atoms. The molecule has 0 amide bonds. The van der Waals surface area contributed by atoms with Crippen molar-refractivity contribution in [3.63, 3.8) is 0 Å². The number of fused-ring (bicyclic) bond motifs is 1. The Hall–Kier alpha value is -2.66. The van der Waals surface area contributed by atoms with E-state index in [1.54, 1.807) is 24.3 Å². The molecule has 0 spiro atoms. The van der Waals surface area contributed by atoms with Gasteiger partial charge >= 0.3 is 0 Å². The number of aromatic nitrogens is 2. The van der Waals surface area contributed by atoms with E-state index in [1.165, 1.54) is 6.21 Å². The van der Waals surface area contributed by atoms with E-state index in [2.05, 4.69) is 20.5 Å². The highest BCUT2D eigenvalue weighted by molar-refractivity contribution is 6.30. The summed E-state index contributed by atoms with van der Waals surface area (Å²) in [7, 11) is 0. The smallest absolute Gasteiger partial charge is 0.276 e. The molecule has 2 aromatic carbocycles. The number of para-hydroxylation sites is 2. The second-order valence-corrected chi connectivity index (χ2v) is 4.79. The quantitative estimate of drug-likeness (QED) is 0.577. The van der Waals surface area contributed by atoms with Gasteiger partial charge in [-0.15, -0.1) is 0 Å². The van der Waals surface area contributed by atoms with Crippen molar-refractivity contribution >= 4 is 34.5 Å². The normalized spacial score (nSPS) is 11.1. The highest BCUT2D eigenvalue weighted by Gasteiger charge is 2.01. The molecule has 2 N–H and O–H groups in total. The Labute approximate surface area is 125 Å². The summed E-state index contributed by atoms with van der Waals surface area (Å²) in [6, 6.07) is 14.5. The first-order chi connectivity index (χ1) is 10.2. The molecule has 3 aromatic rings. The Morgan fingerprint density at radius 3 is 2.90 bits per heavy atom. The number of hydrazone groups is 1. The van der Waals surface area contributed by atoms with E-state index >= 15 is 0 Å². The molecule has 0 aliphatic rings. The average Bonchev–Trinajstić information content (AvgIpc) is 2.48. The maximum absolute atomic E-state index is 11.9. The highest BCUT2D eigenvalue weighted by Crippen LogP contribution is 2.14. The second-order valence-electron chi connectivity index (χ2n) is 4.35. The van der Waals surface area contributed by atoms with Crippen LogP contribution in [0.4, 0.5) is 5.69 Å². The zero-order chi connectivity index (χ0) is 14.7. The molecule has 0 aliphatic carbocycles. The number of anilines is 1. The lowest BCUT2D eigenvalue weighted by Crippen LogP contribution is -2.15. The monoisotopic (exact) mass is 298 g/mol. The average molecular weight is 299 g/mol. The van der Waals surface area contributed by atoms with Crippen LogP contribution in [0.5, 0.6) is 0 Å². The van der Waals surface area contributed by atoms with Gasteiger partial charge in [0.05, 0.1) is 22.9 Å². The first-order valence-corrected chi connectivity index (χ1v) is 6.64. The van der Waals surface area contributed by atoms with Gasteiger partial charge in [0.15, 0.2) is 0 Å². The summed E-state index contributed by atoms with van der Waals surface area (Å²) in [5.41, 5.74) is 4.89. The number of hydrogen-bond donors (Lipinski definition) is 2. The van der Waals surface area contributed by atoms with Gasteiger partial charge < -0.3 is 4.98 Å². The van der Waals surface area contributed by atoms with Crippen molar-refractivity contribution in [1.29, 1.82) is 0 Å². The molecule has 0 saturated heterocycles. The summed E-state index contributed by atoms with van der Waals surface area (Å²) in [4.78, 5) is 18.9. The maximum atomic E-state index is 11.9. The number of H-pyrrole nitrogens is 1. The van der Waals surface area contributed by atoms with Gasteiger partial charge in [0.2, 0.25) is 0 Å². The van der Waals surface area contributed by atoms with Crippen molar-refractivity contribution in [3.8, 4) is 0 Å². The van der Waals surface area contributed by atoms with Crippen molar-refractivity contribution in [2.45, 2.75) is 0 Å². The Kier molecular flexibility index (Phi) is 3.66. The summed E-state index contributed by atoms with van der Waals surface area (Å²) >= 11 is 5.87. The Morgan fingerprint density at radius 1 is 1.19 bits per heavy atom. The number of halogens is 1.